The second-order valence-electron chi connectivity index (χ2n) is 6.84. The third-order valence-corrected chi connectivity index (χ3v) is 4.82. The topological polar surface area (TPSA) is 24.5 Å². The molecule has 0 saturated heterocycles. The monoisotopic (exact) mass is 290 g/mol. The average Bonchev–Trinajstić information content (AvgIpc) is 2.40. The van der Waals surface area contributed by atoms with Crippen molar-refractivity contribution in [2.75, 3.05) is 27.7 Å². The van der Waals surface area contributed by atoms with E-state index in [2.05, 4.69) is 56.4 Å². The maximum Gasteiger partial charge on any atom is 0.119 e. The van der Waals surface area contributed by atoms with Gasteiger partial charge in [0.15, 0.2) is 0 Å². The number of rotatable bonds is 7. The Labute approximate surface area is 129 Å². The maximum atomic E-state index is 5.34. The van der Waals surface area contributed by atoms with Crippen LogP contribution in [0.15, 0.2) is 24.3 Å². The van der Waals surface area contributed by atoms with Crippen molar-refractivity contribution >= 4 is 0 Å². The van der Waals surface area contributed by atoms with Crippen LogP contribution in [0.1, 0.15) is 38.3 Å². The lowest BCUT2D eigenvalue weighted by atomic mass is 9.73. The molecule has 0 heterocycles. The van der Waals surface area contributed by atoms with E-state index in [4.69, 9.17) is 4.74 Å². The lowest BCUT2D eigenvalue weighted by Crippen LogP contribution is -2.45. The molecule has 0 aliphatic heterocycles. The molecule has 1 aliphatic rings. The van der Waals surface area contributed by atoms with Gasteiger partial charge in [0.05, 0.1) is 7.11 Å². The summed E-state index contributed by atoms with van der Waals surface area (Å²) in [6.45, 7) is 5.66. The van der Waals surface area contributed by atoms with Gasteiger partial charge in [0.2, 0.25) is 0 Å². The summed E-state index contributed by atoms with van der Waals surface area (Å²) in [5.74, 6) is 2.67. The SMILES string of the molecule is COc1cccc(C(CNC2CC(C(C)C)C2)N(C)C)c1. The normalized spacial score (nSPS) is 23.2. The van der Waals surface area contributed by atoms with Crippen LogP contribution in [0.5, 0.6) is 5.75 Å². The van der Waals surface area contributed by atoms with Crippen molar-refractivity contribution in [1.29, 1.82) is 0 Å². The average molecular weight is 290 g/mol. The summed E-state index contributed by atoms with van der Waals surface area (Å²) in [4.78, 5) is 2.28. The summed E-state index contributed by atoms with van der Waals surface area (Å²) in [5.41, 5.74) is 1.31. The van der Waals surface area contributed by atoms with Crippen LogP contribution in [0.3, 0.4) is 0 Å². The van der Waals surface area contributed by atoms with Crippen LogP contribution in [0, 0.1) is 11.8 Å². The minimum absolute atomic E-state index is 0.387. The fourth-order valence-electron chi connectivity index (χ4n) is 3.10. The fourth-order valence-corrected chi connectivity index (χ4v) is 3.10. The van der Waals surface area contributed by atoms with Crippen molar-refractivity contribution < 1.29 is 4.74 Å². The van der Waals surface area contributed by atoms with Crippen LogP contribution in [0.4, 0.5) is 0 Å². The highest BCUT2D eigenvalue weighted by molar-refractivity contribution is 5.30. The lowest BCUT2D eigenvalue weighted by molar-refractivity contribution is 0.157. The molecule has 1 aromatic carbocycles. The summed E-state index contributed by atoms with van der Waals surface area (Å²) in [5, 5.41) is 3.74. The Hall–Kier alpha value is -1.06. The number of hydrogen-bond donors (Lipinski definition) is 1. The van der Waals surface area contributed by atoms with Gasteiger partial charge in [-0.1, -0.05) is 26.0 Å². The molecule has 0 amide bonds. The first-order valence-corrected chi connectivity index (χ1v) is 8.05. The van der Waals surface area contributed by atoms with Crippen LogP contribution >= 0.6 is 0 Å². The second-order valence-corrected chi connectivity index (χ2v) is 6.84. The molecule has 0 bridgehead atoms. The highest BCUT2D eigenvalue weighted by Gasteiger charge is 2.31. The Kier molecular flexibility index (Phi) is 5.65. The number of nitrogens with one attached hydrogen (secondary N) is 1. The summed E-state index contributed by atoms with van der Waals surface area (Å²) in [6, 6.07) is 9.49. The molecule has 1 atom stereocenters. The number of ether oxygens (including phenoxy) is 1. The van der Waals surface area contributed by atoms with Gasteiger partial charge in [0, 0.05) is 18.6 Å². The predicted octanol–water partition coefficient (Wildman–Crippen LogP) is 3.32. The van der Waals surface area contributed by atoms with Crippen molar-refractivity contribution in [3.63, 3.8) is 0 Å². The fraction of sp³-hybridized carbons (Fsp3) is 0.667. The molecular weight excluding hydrogens is 260 g/mol. The largest absolute Gasteiger partial charge is 0.497 e. The molecule has 3 nitrogen and oxygen atoms in total. The molecular formula is C18H30N2O. The molecule has 21 heavy (non-hydrogen) atoms. The molecule has 1 N–H and O–H groups in total. The van der Waals surface area contributed by atoms with Crippen LogP contribution in [0.2, 0.25) is 0 Å². The third-order valence-electron chi connectivity index (χ3n) is 4.82. The molecule has 1 unspecified atom stereocenters. The smallest absolute Gasteiger partial charge is 0.119 e. The Morgan fingerprint density at radius 2 is 2.00 bits per heavy atom. The molecule has 0 aromatic heterocycles. The predicted molar refractivity (Wildman–Crippen MR) is 88.8 cm³/mol. The molecule has 1 saturated carbocycles. The van der Waals surface area contributed by atoms with Crippen LogP contribution < -0.4 is 10.1 Å². The molecule has 0 radical (unpaired) electrons. The van der Waals surface area contributed by atoms with E-state index in [9.17, 15) is 0 Å². The minimum atomic E-state index is 0.387. The lowest BCUT2D eigenvalue weighted by Gasteiger charge is -2.40. The quantitative estimate of drug-likeness (QED) is 0.833. The third kappa shape index (κ3) is 4.21. The van der Waals surface area contributed by atoms with Gasteiger partial charge in [0.25, 0.3) is 0 Å². The van der Waals surface area contributed by atoms with Gasteiger partial charge in [-0.2, -0.15) is 0 Å². The first kappa shape index (κ1) is 16.3. The van der Waals surface area contributed by atoms with Crippen molar-refractivity contribution in [2.24, 2.45) is 11.8 Å². The van der Waals surface area contributed by atoms with Crippen LogP contribution in [-0.2, 0) is 0 Å². The van der Waals surface area contributed by atoms with E-state index >= 15 is 0 Å². The summed E-state index contributed by atoms with van der Waals surface area (Å²) >= 11 is 0. The zero-order valence-electron chi connectivity index (χ0n) is 14.1. The molecule has 1 aliphatic carbocycles. The van der Waals surface area contributed by atoms with Crippen LogP contribution in [-0.4, -0.2) is 38.7 Å². The van der Waals surface area contributed by atoms with Crippen molar-refractivity contribution in [3.8, 4) is 5.75 Å². The van der Waals surface area contributed by atoms with E-state index in [1.54, 1.807) is 7.11 Å². The number of hydrogen-bond acceptors (Lipinski definition) is 3. The summed E-state index contributed by atoms with van der Waals surface area (Å²) < 4.78 is 5.34. The Balaban J connectivity index is 1.91. The highest BCUT2D eigenvalue weighted by atomic mass is 16.5. The van der Waals surface area contributed by atoms with Gasteiger partial charge in [-0.15, -0.1) is 0 Å². The summed E-state index contributed by atoms with van der Waals surface area (Å²) in [6.07, 6.45) is 2.66. The van der Waals surface area contributed by atoms with E-state index in [0.29, 0.717) is 12.1 Å². The van der Waals surface area contributed by atoms with E-state index in [0.717, 1.165) is 24.1 Å². The first-order chi connectivity index (χ1) is 10.0. The van der Waals surface area contributed by atoms with Crippen molar-refractivity contribution in [3.05, 3.63) is 29.8 Å². The van der Waals surface area contributed by atoms with Gasteiger partial charge in [-0.3, -0.25) is 0 Å². The van der Waals surface area contributed by atoms with Crippen LogP contribution in [0.25, 0.3) is 0 Å². The number of benzene rings is 1. The second kappa shape index (κ2) is 7.28. The molecule has 2 rings (SSSR count). The van der Waals surface area contributed by atoms with E-state index in [1.165, 1.54) is 18.4 Å². The zero-order chi connectivity index (χ0) is 15.4. The van der Waals surface area contributed by atoms with Gasteiger partial charge in [0.1, 0.15) is 5.75 Å². The van der Waals surface area contributed by atoms with Gasteiger partial charge in [-0.25, -0.2) is 0 Å². The maximum absolute atomic E-state index is 5.34. The zero-order valence-corrected chi connectivity index (χ0v) is 14.1. The van der Waals surface area contributed by atoms with Gasteiger partial charge in [-0.05, 0) is 56.5 Å². The first-order valence-electron chi connectivity index (χ1n) is 8.05. The van der Waals surface area contributed by atoms with E-state index in [-0.39, 0.29) is 0 Å². The van der Waals surface area contributed by atoms with Gasteiger partial charge < -0.3 is 15.0 Å². The minimum Gasteiger partial charge on any atom is -0.497 e. The number of likely N-dealkylation sites (N-methyl/N-ethyl adjacent to an activating group) is 1. The molecule has 0 spiro atoms. The molecule has 118 valence electrons. The van der Waals surface area contributed by atoms with E-state index in [1.807, 2.05) is 6.07 Å². The van der Waals surface area contributed by atoms with Crippen molar-refractivity contribution in [2.45, 2.75) is 38.8 Å². The Morgan fingerprint density at radius 1 is 1.29 bits per heavy atom. The van der Waals surface area contributed by atoms with Gasteiger partial charge >= 0.3 is 0 Å². The molecule has 1 fully saturated rings. The number of nitrogens with zero attached hydrogens (tertiary/aromatic N) is 1. The van der Waals surface area contributed by atoms with E-state index < -0.39 is 0 Å². The standard InChI is InChI=1S/C18H30N2O/c1-13(2)15-9-16(10-15)19-12-18(20(3)4)14-7-6-8-17(11-14)21-5/h6-8,11,13,15-16,18-19H,9-10,12H2,1-5H3. The molecule has 1 aromatic rings. The molecule has 3 heteroatoms. The Bertz CT molecular complexity index is 439. The number of methoxy groups -OCH3 is 1. The summed E-state index contributed by atoms with van der Waals surface area (Å²) in [7, 11) is 6.01. The van der Waals surface area contributed by atoms with Crippen molar-refractivity contribution in [1.82, 2.24) is 10.2 Å². The highest BCUT2D eigenvalue weighted by Crippen LogP contribution is 2.34. The Morgan fingerprint density at radius 3 is 2.57 bits per heavy atom.